The number of fused-ring (bicyclic) bond motifs is 10. The normalized spacial score (nSPS) is 22.9. The Morgan fingerprint density at radius 1 is 0.628 bits per heavy atom. The maximum atomic E-state index is 6.50. The van der Waals surface area contributed by atoms with Crippen molar-refractivity contribution >= 4 is 45.2 Å². The highest BCUT2D eigenvalue weighted by atomic mass is 127. The zero-order valence-electron chi connectivity index (χ0n) is 24.3. The summed E-state index contributed by atoms with van der Waals surface area (Å²) in [5.41, 5.74) is 14.4. The lowest BCUT2D eigenvalue weighted by Gasteiger charge is -2.25. The molecule has 6 nitrogen and oxygen atoms in total. The molecule has 0 unspecified atom stereocenters. The molecule has 0 amide bonds. The smallest absolute Gasteiger partial charge is 0.323 e. The summed E-state index contributed by atoms with van der Waals surface area (Å²) in [7, 11) is 0. The molecule has 4 atom stereocenters. The summed E-state index contributed by atoms with van der Waals surface area (Å²) in [6.07, 6.45) is 2.33. The number of benzene rings is 3. The molecule has 2 aliphatic carbocycles. The molecule has 0 bridgehead atoms. The Balaban J connectivity index is 1.19. The Kier molecular flexibility index (Phi) is 6.07. The van der Waals surface area contributed by atoms with Crippen LogP contribution in [0.5, 0.6) is 0 Å². The minimum absolute atomic E-state index is 0.185. The molecule has 8 heteroatoms. The van der Waals surface area contributed by atoms with E-state index in [1.54, 1.807) is 0 Å². The van der Waals surface area contributed by atoms with E-state index >= 15 is 0 Å². The third-order valence-corrected chi connectivity index (χ3v) is 12.3. The summed E-state index contributed by atoms with van der Waals surface area (Å²) in [5, 5.41) is 0. The standard InChI is InChI=1S/C35H32I2N4O2/c1-19-26(38-20(2)28-17-42-30-15-22-9-4-6-11-24(22)32(30)40(28)34(38)36)13-8-14-27(19)39-21(3)29-18-43-31-16-23-10-5-7-12-25(23)33(31)41(29)35(39)37/h4-14,30-33H,15-18H2,1-3H3/q+2/t30-,31-,32+,33+/m0/s1. The molecule has 0 radical (unpaired) electrons. The van der Waals surface area contributed by atoms with Gasteiger partial charge in [-0.25, -0.2) is 9.13 Å². The van der Waals surface area contributed by atoms with Crippen molar-refractivity contribution in [3.8, 4) is 11.4 Å². The van der Waals surface area contributed by atoms with Crippen LogP contribution in [-0.4, -0.2) is 21.3 Å². The van der Waals surface area contributed by atoms with Gasteiger partial charge in [0.2, 0.25) is 0 Å². The van der Waals surface area contributed by atoms with Crippen molar-refractivity contribution in [1.29, 1.82) is 0 Å². The van der Waals surface area contributed by atoms with Crippen LogP contribution in [0.25, 0.3) is 11.4 Å². The van der Waals surface area contributed by atoms with E-state index in [2.05, 4.69) is 151 Å². The van der Waals surface area contributed by atoms with Crippen LogP contribution < -0.4 is 9.13 Å². The molecule has 216 valence electrons. The SMILES string of the molecule is Cc1c(-n2c(C)c3[n+](c2I)[C@@H]2c4ccccc4C[C@@H]2OC3)cccc1-n1c(C)c2[n+](c1I)[C@@H]1c3ccccc3C[C@@H]1OC2. The maximum absolute atomic E-state index is 6.50. The molecule has 2 aromatic heterocycles. The van der Waals surface area contributed by atoms with Crippen molar-refractivity contribution in [2.75, 3.05) is 0 Å². The number of nitrogens with zero attached hydrogens (tertiary/aromatic N) is 4. The average Bonchev–Trinajstić information content (AvgIpc) is 3.72. The highest BCUT2D eigenvalue weighted by molar-refractivity contribution is 14.1. The van der Waals surface area contributed by atoms with Gasteiger partial charge in [-0.1, -0.05) is 54.6 Å². The molecule has 2 aliphatic heterocycles. The van der Waals surface area contributed by atoms with Gasteiger partial charge in [-0.3, -0.25) is 0 Å². The van der Waals surface area contributed by atoms with E-state index < -0.39 is 0 Å². The number of ether oxygens (including phenoxy) is 2. The number of hydrogen-bond acceptors (Lipinski definition) is 2. The van der Waals surface area contributed by atoms with E-state index in [0.717, 1.165) is 12.8 Å². The van der Waals surface area contributed by atoms with Crippen LogP contribution in [0.1, 0.15) is 62.7 Å². The van der Waals surface area contributed by atoms with Crippen LogP contribution in [0.2, 0.25) is 0 Å². The predicted octanol–water partition coefficient (Wildman–Crippen LogP) is 6.07. The molecule has 9 rings (SSSR count). The van der Waals surface area contributed by atoms with Crippen molar-refractivity contribution < 1.29 is 18.6 Å². The molecule has 0 N–H and O–H groups in total. The fourth-order valence-electron chi connectivity index (χ4n) is 8.25. The molecular weight excluding hydrogens is 762 g/mol. The molecule has 0 saturated heterocycles. The first kappa shape index (κ1) is 26.8. The largest absolute Gasteiger partial charge is 0.364 e. The van der Waals surface area contributed by atoms with Crippen molar-refractivity contribution in [1.82, 2.24) is 9.13 Å². The van der Waals surface area contributed by atoms with Crippen LogP contribution >= 0.6 is 45.2 Å². The van der Waals surface area contributed by atoms with Gasteiger partial charge in [0.25, 0.3) is 0 Å². The lowest BCUT2D eigenvalue weighted by atomic mass is 10.1. The number of imidazole rings is 2. The molecule has 0 fully saturated rings. The van der Waals surface area contributed by atoms with Gasteiger partial charge in [-0.05, 0) is 30.2 Å². The summed E-state index contributed by atoms with van der Waals surface area (Å²) in [4.78, 5) is 0. The maximum Gasteiger partial charge on any atom is 0.323 e. The predicted molar refractivity (Wildman–Crippen MR) is 179 cm³/mol. The first-order valence-electron chi connectivity index (χ1n) is 15.1. The van der Waals surface area contributed by atoms with E-state index in [1.165, 1.54) is 69.6 Å². The summed E-state index contributed by atoms with van der Waals surface area (Å²) in [6.45, 7) is 8.06. The van der Waals surface area contributed by atoms with Crippen LogP contribution in [-0.2, 0) is 35.5 Å². The lowest BCUT2D eigenvalue weighted by molar-refractivity contribution is -0.749. The summed E-state index contributed by atoms with van der Waals surface area (Å²) in [6, 6.07) is 24.9. The van der Waals surface area contributed by atoms with E-state index in [9.17, 15) is 0 Å². The highest BCUT2D eigenvalue weighted by Gasteiger charge is 2.48. The molecule has 5 aromatic rings. The third kappa shape index (κ3) is 3.63. The van der Waals surface area contributed by atoms with Gasteiger partial charge in [-0.2, -0.15) is 9.13 Å². The lowest BCUT2D eigenvalue weighted by Crippen LogP contribution is -2.53. The minimum Gasteiger partial charge on any atom is -0.364 e. The van der Waals surface area contributed by atoms with Gasteiger partial charge in [0.15, 0.2) is 34.9 Å². The van der Waals surface area contributed by atoms with Crippen LogP contribution in [0.4, 0.5) is 0 Å². The Morgan fingerprint density at radius 2 is 1.07 bits per heavy atom. The summed E-state index contributed by atoms with van der Waals surface area (Å²) < 4.78 is 25.5. The monoisotopic (exact) mass is 794 g/mol. The van der Waals surface area contributed by atoms with Gasteiger partial charge in [0.1, 0.15) is 36.8 Å². The van der Waals surface area contributed by atoms with Crippen molar-refractivity contribution in [2.24, 2.45) is 0 Å². The first-order valence-corrected chi connectivity index (χ1v) is 17.2. The zero-order valence-corrected chi connectivity index (χ0v) is 28.7. The second kappa shape index (κ2) is 9.73. The number of rotatable bonds is 2. The highest BCUT2D eigenvalue weighted by Crippen LogP contribution is 2.40. The molecule has 43 heavy (non-hydrogen) atoms. The summed E-state index contributed by atoms with van der Waals surface area (Å²) in [5.74, 6) is 0. The van der Waals surface area contributed by atoms with Crippen LogP contribution in [0.3, 0.4) is 0 Å². The molecule has 4 heterocycles. The second-order valence-electron chi connectivity index (χ2n) is 12.3. The van der Waals surface area contributed by atoms with Crippen LogP contribution in [0.15, 0.2) is 66.7 Å². The Hall–Kier alpha value is -2.54. The molecule has 0 saturated carbocycles. The number of halogens is 2. The van der Waals surface area contributed by atoms with Crippen molar-refractivity contribution in [3.63, 3.8) is 0 Å². The Bertz CT molecular complexity index is 1850. The number of aromatic nitrogens is 4. The van der Waals surface area contributed by atoms with E-state index in [4.69, 9.17) is 9.47 Å². The molecule has 4 aliphatic rings. The Morgan fingerprint density at radius 3 is 1.53 bits per heavy atom. The Labute approximate surface area is 278 Å². The van der Waals surface area contributed by atoms with E-state index in [0.29, 0.717) is 13.2 Å². The summed E-state index contributed by atoms with van der Waals surface area (Å²) >= 11 is 5.14. The quantitative estimate of drug-likeness (QED) is 0.161. The number of hydrogen-bond donors (Lipinski definition) is 0. The topological polar surface area (TPSA) is 36.1 Å². The molecule has 3 aromatic carbocycles. The van der Waals surface area contributed by atoms with E-state index in [-0.39, 0.29) is 24.3 Å². The van der Waals surface area contributed by atoms with Gasteiger partial charge in [0.05, 0.1) is 45.2 Å². The first-order chi connectivity index (χ1) is 20.9. The van der Waals surface area contributed by atoms with E-state index in [1.807, 2.05) is 0 Å². The zero-order chi connectivity index (χ0) is 29.1. The van der Waals surface area contributed by atoms with Crippen molar-refractivity contribution in [3.05, 3.63) is 125 Å². The van der Waals surface area contributed by atoms with Gasteiger partial charge < -0.3 is 9.47 Å². The van der Waals surface area contributed by atoms with Gasteiger partial charge in [0, 0.05) is 43.4 Å². The van der Waals surface area contributed by atoms with Gasteiger partial charge >= 0.3 is 7.66 Å². The fourth-order valence-corrected chi connectivity index (χ4v) is 10.7. The third-order valence-electron chi connectivity index (χ3n) is 10.3. The average molecular weight is 794 g/mol. The van der Waals surface area contributed by atoms with Crippen LogP contribution in [0, 0.1) is 28.4 Å². The molecule has 0 spiro atoms. The fraction of sp³-hybridized carbons (Fsp3) is 0.314. The second-order valence-corrected chi connectivity index (χ2v) is 14.3. The minimum atomic E-state index is 0.185. The molecular formula is C35H32I2N4O2+2. The van der Waals surface area contributed by atoms with Gasteiger partial charge in [-0.15, -0.1) is 0 Å². The van der Waals surface area contributed by atoms with Crippen molar-refractivity contribution in [2.45, 2.75) is 71.1 Å².